The molecule has 3 heterocycles. The highest BCUT2D eigenvalue weighted by molar-refractivity contribution is 5.40. The maximum Gasteiger partial charge on any atom is 0.128 e. The van der Waals surface area contributed by atoms with Crippen LogP contribution in [0.3, 0.4) is 0 Å². The van der Waals surface area contributed by atoms with Crippen LogP contribution in [0, 0.1) is 0 Å². The summed E-state index contributed by atoms with van der Waals surface area (Å²) in [6.45, 7) is 7.10. The van der Waals surface area contributed by atoms with Crippen LogP contribution < -0.4 is 4.90 Å². The summed E-state index contributed by atoms with van der Waals surface area (Å²) in [5, 5.41) is 0. The van der Waals surface area contributed by atoms with Gasteiger partial charge in [0.25, 0.3) is 0 Å². The van der Waals surface area contributed by atoms with E-state index in [0.717, 1.165) is 0 Å². The number of nitrogens with zero attached hydrogens (tertiary/aromatic N) is 3. The molecular weight excluding hydrogens is 246 g/mol. The molecule has 1 aromatic heterocycles. The summed E-state index contributed by atoms with van der Waals surface area (Å²) in [6.07, 6.45) is 10.0. The zero-order valence-electron chi connectivity index (χ0n) is 12.7. The highest BCUT2D eigenvalue weighted by Gasteiger charge is 2.25. The minimum absolute atomic E-state index is 0.609. The van der Waals surface area contributed by atoms with Gasteiger partial charge in [0, 0.05) is 25.3 Å². The molecular formula is C17H27N3. The molecule has 0 unspecified atom stereocenters. The second kappa shape index (κ2) is 6.57. The van der Waals surface area contributed by atoms with E-state index in [4.69, 9.17) is 4.98 Å². The molecule has 0 bridgehead atoms. The number of likely N-dealkylation sites (tertiary alicyclic amines) is 1. The highest BCUT2D eigenvalue weighted by Crippen LogP contribution is 2.32. The molecule has 20 heavy (non-hydrogen) atoms. The molecule has 0 amide bonds. The van der Waals surface area contributed by atoms with Gasteiger partial charge in [-0.3, -0.25) is 4.90 Å². The quantitative estimate of drug-likeness (QED) is 0.835. The number of pyridine rings is 1. The Labute approximate surface area is 123 Å². The first-order valence-corrected chi connectivity index (χ1v) is 8.33. The van der Waals surface area contributed by atoms with Gasteiger partial charge in [-0.2, -0.15) is 0 Å². The summed E-state index contributed by atoms with van der Waals surface area (Å²) in [6, 6.07) is 5.16. The Morgan fingerprint density at radius 1 is 1.10 bits per heavy atom. The van der Waals surface area contributed by atoms with E-state index in [-0.39, 0.29) is 0 Å². The molecule has 0 N–H and O–H groups in total. The molecule has 3 rings (SSSR count). The lowest BCUT2D eigenvalue weighted by Crippen LogP contribution is -2.30. The lowest BCUT2D eigenvalue weighted by Gasteiger charge is -2.28. The fraction of sp³-hybridized carbons (Fsp3) is 0.706. The SMILES string of the molecule is CCCN1CCC[C@H]1c1ccc(N2CCCCC2)nc1. The number of piperidine rings is 1. The zero-order valence-corrected chi connectivity index (χ0v) is 12.7. The van der Waals surface area contributed by atoms with Gasteiger partial charge in [-0.05, 0) is 63.2 Å². The Balaban J connectivity index is 1.69. The molecule has 2 aliphatic rings. The van der Waals surface area contributed by atoms with Crippen molar-refractivity contribution in [3.63, 3.8) is 0 Å². The summed E-state index contributed by atoms with van der Waals surface area (Å²) in [5.41, 5.74) is 1.41. The van der Waals surface area contributed by atoms with Gasteiger partial charge in [0.1, 0.15) is 5.82 Å². The van der Waals surface area contributed by atoms with Gasteiger partial charge in [-0.25, -0.2) is 4.98 Å². The van der Waals surface area contributed by atoms with Crippen LogP contribution in [0.15, 0.2) is 18.3 Å². The maximum atomic E-state index is 4.74. The van der Waals surface area contributed by atoms with Crippen LogP contribution in [-0.2, 0) is 0 Å². The number of aromatic nitrogens is 1. The Kier molecular flexibility index (Phi) is 4.56. The van der Waals surface area contributed by atoms with Crippen LogP contribution in [0.4, 0.5) is 5.82 Å². The fourth-order valence-electron chi connectivity index (χ4n) is 3.66. The lowest BCUT2D eigenvalue weighted by molar-refractivity contribution is 0.257. The van der Waals surface area contributed by atoms with E-state index in [9.17, 15) is 0 Å². The van der Waals surface area contributed by atoms with Crippen LogP contribution in [0.2, 0.25) is 0 Å². The Morgan fingerprint density at radius 3 is 2.65 bits per heavy atom. The number of anilines is 1. The summed E-state index contributed by atoms with van der Waals surface area (Å²) in [7, 11) is 0. The van der Waals surface area contributed by atoms with Gasteiger partial charge >= 0.3 is 0 Å². The molecule has 0 aromatic carbocycles. The second-order valence-corrected chi connectivity index (χ2v) is 6.19. The Morgan fingerprint density at radius 2 is 1.95 bits per heavy atom. The molecule has 0 radical (unpaired) electrons. The molecule has 2 saturated heterocycles. The van der Waals surface area contributed by atoms with Crippen LogP contribution in [0.5, 0.6) is 0 Å². The summed E-state index contributed by atoms with van der Waals surface area (Å²) in [5.74, 6) is 1.17. The van der Waals surface area contributed by atoms with Gasteiger partial charge in [-0.15, -0.1) is 0 Å². The van der Waals surface area contributed by atoms with Crippen LogP contribution in [-0.4, -0.2) is 36.1 Å². The van der Waals surface area contributed by atoms with Crippen molar-refractivity contribution in [1.29, 1.82) is 0 Å². The van der Waals surface area contributed by atoms with Crippen LogP contribution in [0.25, 0.3) is 0 Å². The van der Waals surface area contributed by atoms with Crippen molar-refractivity contribution >= 4 is 5.82 Å². The van der Waals surface area contributed by atoms with Crippen molar-refractivity contribution in [1.82, 2.24) is 9.88 Å². The number of hydrogen-bond acceptors (Lipinski definition) is 3. The Bertz CT molecular complexity index is 409. The summed E-state index contributed by atoms with van der Waals surface area (Å²) >= 11 is 0. The van der Waals surface area contributed by atoms with E-state index < -0.39 is 0 Å². The van der Waals surface area contributed by atoms with E-state index in [0.29, 0.717) is 6.04 Å². The minimum Gasteiger partial charge on any atom is -0.357 e. The van der Waals surface area contributed by atoms with Crippen molar-refractivity contribution in [3.8, 4) is 0 Å². The largest absolute Gasteiger partial charge is 0.357 e. The zero-order chi connectivity index (χ0) is 13.8. The van der Waals surface area contributed by atoms with Gasteiger partial charge in [0.05, 0.1) is 0 Å². The minimum atomic E-state index is 0.609. The van der Waals surface area contributed by atoms with E-state index in [2.05, 4.69) is 35.1 Å². The normalized spacial score (nSPS) is 24.2. The topological polar surface area (TPSA) is 19.4 Å². The van der Waals surface area contributed by atoms with Crippen molar-refractivity contribution in [3.05, 3.63) is 23.9 Å². The first kappa shape index (κ1) is 13.9. The van der Waals surface area contributed by atoms with Crippen molar-refractivity contribution in [2.24, 2.45) is 0 Å². The first-order valence-electron chi connectivity index (χ1n) is 8.33. The third-order valence-corrected chi connectivity index (χ3v) is 4.71. The molecule has 0 saturated carbocycles. The first-order chi connectivity index (χ1) is 9.88. The van der Waals surface area contributed by atoms with Crippen LogP contribution >= 0.6 is 0 Å². The molecule has 0 aliphatic carbocycles. The van der Waals surface area contributed by atoms with Crippen molar-refractivity contribution < 1.29 is 0 Å². The molecule has 110 valence electrons. The van der Waals surface area contributed by atoms with Gasteiger partial charge in [0.2, 0.25) is 0 Å². The van der Waals surface area contributed by atoms with E-state index in [1.807, 2.05) is 0 Å². The van der Waals surface area contributed by atoms with E-state index in [1.165, 1.54) is 76.1 Å². The predicted octanol–water partition coefficient (Wildman–Crippen LogP) is 3.62. The average Bonchev–Trinajstić information content (AvgIpc) is 2.97. The molecule has 2 aliphatic heterocycles. The monoisotopic (exact) mass is 273 g/mol. The second-order valence-electron chi connectivity index (χ2n) is 6.19. The number of hydrogen-bond donors (Lipinski definition) is 0. The summed E-state index contributed by atoms with van der Waals surface area (Å²) in [4.78, 5) is 9.80. The van der Waals surface area contributed by atoms with Gasteiger partial charge in [-0.1, -0.05) is 13.0 Å². The fourth-order valence-corrected chi connectivity index (χ4v) is 3.66. The third kappa shape index (κ3) is 2.98. The van der Waals surface area contributed by atoms with E-state index >= 15 is 0 Å². The average molecular weight is 273 g/mol. The predicted molar refractivity (Wildman–Crippen MR) is 84.1 cm³/mol. The third-order valence-electron chi connectivity index (χ3n) is 4.71. The standard InChI is InChI=1S/C17H27N3/c1-2-10-19-13-6-7-16(19)15-8-9-17(18-14-15)20-11-4-3-5-12-20/h8-9,14,16H,2-7,10-13H2,1H3/t16-/m0/s1. The van der Waals surface area contributed by atoms with Crippen molar-refractivity contribution in [2.45, 2.75) is 51.5 Å². The molecule has 1 atom stereocenters. The van der Waals surface area contributed by atoms with E-state index in [1.54, 1.807) is 0 Å². The Hall–Kier alpha value is -1.09. The molecule has 1 aromatic rings. The molecule has 0 spiro atoms. The van der Waals surface area contributed by atoms with Gasteiger partial charge in [0.15, 0.2) is 0 Å². The highest BCUT2D eigenvalue weighted by atomic mass is 15.2. The van der Waals surface area contributed by atoms with Gasteiger partial charge < -0.3 is 4.90 Å². The van der Waals surface area contributed by atoms with Crippen molar-refractivity contribution in [2.75, 3.05) is 31.1 Å². The smallest absolute Gasteiger partial charge is 0.128 e. The lowest BCUT2D eigenvalue weighted by atomic mass is 10.1. The molecule has 3 nitrogen and oxygen atoms in total. The molecule has 3 heteroatoms. The number of rotatable bonds is 4. The molecule has 2 fully saturated rings. The maximum absolute atomic E-state index is 4.74. The summed E-state index contributed by atoms with van der Waals surface area (Å²) < 4.78 is 0. The van der Waals surface area contributed by atoms with Crippen LogP contribution in [0.1, 0.15) is 57.1 Å².